The molecule has 0 radical (unpaired) electrons. The van der Waals surface area contributed by atoms with Crippen LogP contribution in [0.4, 0.5) is 0 Å². The van der Waals surface area contributed by atoms with E-state index in [0.29, 0.717) is 5.56 Å². The fourth-order valence-corrected chi connectivity index (χ4v) is 3.35. The number of nitrogens with one attached hydrogen (secondary N) is 2. The Morgan fingerprint density at radius 3 is 2.37 bits per heavy atom. The summed E-state index contributed by atoms with van der Waals surface area (Å²) < 4.78 is 31.8. The van der Waals surface area contributed by atoms with Gasteiger partial charge in [0.1, 0.15) is 5.75 Å². The molecule has 0 saturated heterocycles. The minimum absolute atomic E-state index is 0.0488. The Kier molecular flexibility index (Phi) is 7.09. The maximum atomic E-state index is 12.2. The van der Waals surface area contributed by atoms with Crippen molar-refractivity contribution in [2.24, 2.45) is 0 Å². The van der Waals surface area contributed by atoms with Gasteiger partial charge in [0, 0.05) is 25.6 Å². The van der Waals surface area contributed by atoms with Gasteiger partial charge in [0.25, 0.3) is 5.91 Å². The van der Waals surface area contributed by atoms with Gasteiger partial charge in [-0.25, -0.2) is 13.1 Å². The normalized spacial score (nSPS) is 11.0. The summed E-state index contributed by atoms with van der Waals surface area (Å²) in [5.74, 6) is -0.601. The van der Waals surface area contributed by atoms with Crippen LogP contribution in [0.3, 0.4) is 0 Å². The van der Waals surface area contributed by atoms with E-state index in [1.165, 1.54) is 13.0 Å². The Hall–Kier alpha value is -2.71. The summed E-state index contributed by atoms with van der Waals surface area (Å²) in [6, 6.07) is 12.8. The summed E-state index contributed by atoms with van der Waals surface area (Å²) in [6.45, 7) is 3.43. The molecule has 2 aromatic rings. The highest BCUT2D eigenvalue weighted by molar-refractivity contribution is 7.89. The monoisotopic (exact) mass is 390 g/mol. The number of carbonyl (C=O) groups is 2. The summed E-state index contributed by atoms with van der Waals surface area (Å²) in [5, 5.41) is 2.62. The van der Waals surface area contributed by atoms with Gasteiger partial charge in [0.2, 0.25) is 10.0 Å². The maximum absolute atomic E-state index is 12.2. The molecule has 0 aliphatic rings. The topological polar surface area (TPSA) is 102 Å². The first-order chi connectivity index (χ1) is 12.8. The number of aryl methyl sites for hydroxylation is 1. The lowest BCUT2D eigenvalue weighted by molar-refractivity contribution is -0.131. The number of hydrogen-bond acceptors (Lipinski definition) is 5. The molecule has 7 nitrogen and oxygen atoms in total. The molecule has 0 fully saturated rings. The first kappa shape index (κ1) is 20.6. The van der Waals surface area contributed by atoms with Gasteiger partial charge in [-0.2, -0.15) is 0 Å². The second-order valence-electron chi connectivity index (χ2n) is 5.77. The average Bonchev–Trinajstić information content (AvgIpc) is 2.65. The zero-order valence-electron chi connectivity index (χ0n) is 15.2. The molecule has 0 unspecified atom stereocenters. The van der Waals surface area contributed by atoms with Gasteiger partial charge in [-0.1, -0.05) is 25.1 Å². The Morgan fingerprint density at radius 2 is 1.74 bits per heavy atom. The molecule has 0 aliphatic heterocycles. The number of hydrogen-bond donors (Lipinski definition) is 2. The Bertz CT molecular complexity index is 908. The second kappa shape index (κ2) is 9.29. The van der Waals surface area contributed by atoms with Gasteiger partial charge in [-0.3, -0.25) is 9.59 Å². The van der Waals surface area contributed by atoms with Crippen LogP contribution in [0.25, 0.3) is 0 Å². The highest BCUT2D eigenvalue weighted by Gasteiger charge is 2.13. The lowest BCUT2D eigenvalue weighted by Gasteiger charge is -2.09. The molecule has 0 saturated carbocycles. The SMILES string of the molecule is CCc1ccc(S(=O)(=O)NCCNC(=O)c2cccc(OC(C)=O)c2)cc1. The van der Waals surface area contributed by atoms with E-state index in [1.54, 1.807) is 42.5 Å². The predicted molar refractivity (Wildman–Crippen MR) is 101 cm³/mol. The van der Waals surface area contributed by atoms with E-state index >= 15 is 0 Å². The summed E-state index contributed by atoms with van der Waals surface area (Å²) in [7, 11) is -3.63. The number of ether oxygens (including phenoxy) is 1. The van der Waals surface area contributed by atoms with Crippen molar-refractivity contribution in [2.75, 3.05) is 13.1 Å². The van der Waals surface area contributed by atoms with E-state index in [4.69, 9.17) is 4.74 Å². The van der Waals surface area contributed by atoms with E-state index in [-0.39, 0.29) is 23.7 Å². The standard InChI is InChI=1S/C19H22N2O5S/c1-3-15-7-9-18(10-8-15)27(24,25)21-12-11-20-19(23)16-5-4-6-17(13-16)26-14(2)22/h4-10,13,21H,3,11-12H2,1-2H3,(H,20,23). The highest BCUT2D eigenvalue weighted by Crippen LogP contribution is 2.13. The lowest BCUT2D eigenvalue weighted by Crippen LogP contribution is -2.34. The quantitative estimate of drug-likeness (QED) is 0.407. The highest BCUT2D eigenvalue weighted by atomic mass is 32.2. The smallest absolute Gasteiger partial charge is 0.308 e. The van der Waals surface area contributed by atoms with Crippen LogP contribution in [-0.4, -0.2) is 33.4 Å². The van der Waals surface area contributed by atoms with Crippen LogP contribution in [0, 0.1) is 0 Å². The summed E-state index contributed by atoms with van der Waals surface area (Å²) >= 11 is 0. The summed E-state index contributed by atoms with van der Waals surface area (Å²) in [5.41, 5.74) is 1.36. The predicted octanol–water partition coefficient (Wildman–Crippen LogP) is 1.88. The van der Waals surface area contributed by atoms with Gasteiger partial charge in [0.15, 0.2) is 0 Å². The van der Waals surface area contributed by atoms with Crippen molar-refractivity contribution < 1.29 is 22.7 Å². The second-order valence-corrected chi connectivity index (χ2v) is 7.54. The van der Waals surface area contributed by atoms with Crippen molar-refractivity contribution >= 4 is 21.9 Å². The van der Waals surface area contributed by atoms with Gasteiger partial charge in [-0.05, 0) is 42.3 Å². The van der Waals surface area contributed by atoms with Gasteiger partial charge >= 0.3 is 5.97 Å². The van der Waals surface area contributed by atoms with E-state index in [0.717, 1.165) is 12.0 Å². The largest absolute Gasteiger partial charge is 0.427 e. The molecule has 0 atom stereocenters. The zero-order chi connectivity index (χ0) is 19.9. The van der Waals surface area contributed by atoms with Gasteiger partial charge < -0.3 is 10.1 Å². The number of benzene rings is 2. The molecule has 0 aromatic heterocycles. The molecular formula is C19H22N2O5S. The average molecular weight is 390 g/mol. The van der Waals surface area contributed by atoms with Crippen molar-refractivity contribution in [1.82, 2.24) is 10.0 Å². The molecule has 2 N–H and O–H groups in total. The molecule has 0 heterocycles. The van der Waals surface area contributed by atoms with Crippen molar-refractivity contribution in [3.8, 4) is 5.75 Å². The van der Waals surface area contributed by atoms with E-state index < -0.39 is 21.9 Å². The Morgan fingerprint density at radius 1 is 1.04 bits per heavy atom. The molecule has 144 valence electrons. The van der Waals surface area contributed by atoms with Gasteiger partial charge in [-0.15, -0.1) is 0 Å². The van der Waals surface area contributed by atoms with Crippen molar-refractivity contribution in [1.29, 1.82) is 0 Å². The number of esters is 1. The van der Waals surface area contributed by atoms with Crippen LogP contribution in [0.1, 0.15) is 29.8 Å². The molecular weight excluding hydrogens is 368 g/mol. The van der Waals surface area contributed by atoms with E-state index in [2.05, 4.69) is 10.0 Å². The first-order valence-electron chi connectivity index (χ1n) is 8.47. The van der Waals surface area contributed by atoms with Crippen LogP contribution < -0.4 is 14.8 Å². The van der Waals surface area contributed by atoms with E-state index in [9.17, 15) is 18.0 Å². The number of sulfonamides is 1. The minimum Gasteiger partial charge on any atom is -0.427 e. The Balaban J connectivity index is 1.86. The Labute approximate surface area is 158 Å². The fourth-order valence-electron chi connectivity index (χ4n) is 2.32. The van der Waals surface area contributed by atoms with Crippen LogP contribution in [0.15, 0.2) is 53.4 Å². The summed E-state index contributed by atoms with van der Waals surface area (Å²) in [6.07, 6.45) is 0.832. The molecule has 2 rings (SSSR count). The molecule has 27 heavy (non-hydrogen) atoms. The third kappa shape index (κ3) is 6.19. The molecule has 0 spiro atoms. The number of rotatable bonds is 8. The van der Waals surface area contributed by atoms with E-state index in [1.807, 2.05) is 6.92 Å². The number of carbonyl (C=O) groups excluding carboxylic acids is 2. The van der Waals surface area contributed by atoms with Crippen LogP contribution >= 0.6 is 0 Å². The first-order valence-corrected chi connectivity index (χ1v) is 9.95. The van der Waals surface area contributed by atoms with Crippen LogP contribution in [0.2, 0.25) is 0 Å². The lowest BCUT2D eigenvalue weighted by atomic mass is 10.2. The maximum Gasteiger partial charge on any atom is 0.308 e. The molecule has 1 amide bonds. The molecule has 2 aromatic carbocycles. The number of amides is 1. The fraction of sp³-hybridized carbons (Fsp3) is 0.263. The van der Waals surface area contributed by atoms with Crippen molar-refractivity contribution in [3.63, 3.8) is 0 Å². The van der Waals surface area contributed by atoms with Gasteiger partial charge in [0.05, 0.1) is 4.90 Å². The molecule has 8 heteroatoms. The van der Waals surface area contributed by atoms with Crippen molar-refractivity contribution in [2.45, 2.75) is 25.2 Å². The molecule has 0 bridgehead atoms. The van der Waals surface area contributed by atoms with Crippen LogP contribution in [0.5, 0.6) is 5.75 Å². The van der Waals surface area contributed by atoms with Crippen LogP contribution in [-0.2, 0) is 21.2 Å². The third-order valence-electron chi connectivity index (χ3n) is 3.70. The summed E-state index contributed by atoms with van der Waals surface area (Å²) in [4.78, 5) is 23.3. The zero-order valence-corrected chi connectivity index (χ0v) is 16.0. The third-order valence-corrected chi connectivity index (χ3v) is 5.18. The molecule has 0 aliphatic carbocycles. The minimum atomic E-state index is -3.63. The van der Waals surface area contributed by atoms with Crippen molar-refractivity contribution in [3.05, 3.63) is 59.7 Å².